The van der Waals surface area contributed by atoms with E-state index < -0.39 is 0 Å². The van der Waals surface area contributed by atoms with E-state index in [0.29, 0.717) is 6.42 Å². The van der Waals surface area contributed by atoms with Crippen LogP contribution in [-0.4, -0.2) is 52.0 Å². The van der Waals surface area contributed by atoms with Gasteiger partial charge in [-0.2, -0.15) is 0 Å². The largest absolute Gasteiger partial charge is 0.355 e. The number of amides is 1. The predicted octanol–water partition coefficient (Wildman–Crippen LogP) is 2.23. The molecule has 0 radical (unpaired) electrons. The summed E-state index contributed by atoms with van der Waals surface area (Å²) in [6.45, 7) is 8.29. The molecule has 6 heteroatoms. The Balaban J connectivity index is 1.44. The van der Waals surface area contributed by atoms with Crippen molar-refractivity contribution in [3.63, 3.8) is 0 Å². The molecule has 1 aliphatic heterocycles. The zero-order chi connectivity index (χ0) is 16.9. The second-order valence-electron chi connectivity index (χ2n) is 6.95. The number of nitrogens with one attached hydrogen (secondary N) is 1. The van der Waals surface area contributed by atoms with Crippen LogP contribution in [0, 0.1) is 5.92 Å². The second kappa shape index (κ2) is 7.75. The Labute approximate surface area is 143 Å². The van der Waals surface area contributed by atoms with Crippen molar-refractivity contribution in [2.24, 2.45) is 5.92 Å². The molecule has 0 bridgehead atoms. The maximum atomic E-state index is 12.2. The van der Waals surface area contributed by atoms with Gasteiger partial charge in [0.2, 0.25) is 5.91 Å². The van der Waals surface area contributed by atoms with E-state index in [4.69, 9.17) is 0 Å². The lowest BCUT2D eigenvalue weighted by Crippen LogP contribution is -2.39. The summed E-state index contributed by atoms with van der Waals surface area (Å²) in [6.07, 6.45) is 2.96. The monoisotopic (exact) mass is 329 g/mol. The Morgan fingerprint density at radius 2 is 2.08 bits per heavy atom. The summed E-state index contributed by atoms with van der Waals surface area (Å²) in [5.41, 5.74) is 1.84. The van der Waals surface area contributed by atoms with Crippen molar-refractivity contribution in [2.45, 2.75) is 39.2 Å². The first-order chi connectivity index (χ1) is 11.6. The molecule has 0 saturated carbocycles. The number of carbonyl (C=O) groups excluding carboxylic acids is 1. The number of aromatic nitrogens is 3. The fourth-order valence-electron chi connectivity index (χ4n) is 3.28. The van der Waals surface area contributed by atoms with Gasteiger partial charge >= 0.3 is 0 Å². The van der Waals surface area contributed by atoms with Crippen LogP contribution in [0.3, 0.4) is 0 Å². The second-order valence-corrected chi connectivity index (χ2v) is 6.95. The highest BCUT2D eigenvalue weighted by Gasteiger charge is 2.17. The van der Waals surface area contributed by atoms with Crippen molar-refractivity contribution in [3.05, 3.63) is 24.3 Å². The fraction of sp³-hybridized carbons (Fsp3) is 0.611. The minimum absolute atomic E-state index is 0.00626. The molecule has 0 spiro atoms. The van der Waals surface area contributed by atoms with Crippen LogP contribution in [0.25, 0.3) is 11.0 Å². The lowest BCUT2D eigenvalue weighted by Gasteiger charge is -2.30. The van der Waals surface area contributed by atoms with Crippen molar-refractivity contribution in [3.8, 4) is 0 Å². The molecule has 1 saturated heterocycles. The van der Waals surface area contributed by atoms with Gasteiger partial charge in [0, 0.05) is 19.5 Å². The van der Waals surface area contributed by atoms with Crippen LogP contribution < -0.4 is 5.32 Å². The third-order valence-corrected chi connectivity index (χ3v) is 4.90. The van der Waals surface area contributed by atoms with E-state index in [1.165, 1.54) is 12.8 Å². The maximum absolute atomic E-state index is 12.2. The minimum atomic E-state index is -0.00626. The molecular weight excluding hydrogens is 302 g/mol. The average molecular weight is 329 g/mol. The van der Waals surface area contributed by atoms with Gasteiger partial charge < -0.3 is 10.2 Å². The number of para-hydroxylation sites is 1. The molecule has 2 aromatic rings. The predicted molar refractivity (Wildman–Crippen MR) is 94.7 cm³/mol. The zero-order valence-corrected chi connectivity index (χ0v) is 14.6. The molecule has 1 aliphatic rings. The van der Waals surface area contributed by atoms with Gasteiger partial charge in [-0.3, -0.25) is 4.79 Å². The first-order valence-electron chi connectivity index (χ1n) is 8.92. The molecule has 1 aromatic carbocycles. The third-order valence-electron chi connectivity index (χ3n) is 4.90. The number of fused-ring (bicyclic) bond motifs is 1. The van der Waals surface area contributed by atoms with Gasteiger partial charge in [0.1, 0.15) is 5.52 Å². The van der Waals surface area contributed by atoms with E-state index in [9.17, 15) is 4.79 Å². The number of hydrogen-bond donors (Lipinski definition) is 1. The number of likely N-dealkylation sites (tertiary alicyclic amines) is 1. The lowest BCUT2D eigenvalue weighted by atomic mass is 9.99. The van der Waals surface area contributed by atoms with Crippen molar-refractivity contribution in [1.29, 1.82) is 0 Å². The van der Waals surface area contributed by atoms with Crippen molar-refractivity contribution in [2.75, 3.05) is 26.2 Å². The van der Waals surface area contributed by atoms with Crippen LogP contribution in [0.5, 0.6) is 0 Å². The molecular formula is C18H27N5O. The Morgan fingerprint density at radius 3 is 2.88 bits per heavy atom. The van der Waals surface area contributed by atoms with E-state index in [1.54, 1.807) is 0 Å². The zero-order valence-electron chi connectivity index (χ0n) is 14.6. The molecule has 6 nitrogen and oxygen atoms in total. The Morgan fingerprint density at radius 1 is 1.33 bits per heavy atom. The lowest BCUT2D eigenvalue weighted by molar-refractivity contribution is -0.121. The van der Waals surface area contributed by atoms with Crippen LogP contribution in [0.4, 0.5) is 0 Å². The topological polar surface area (TPSA) is 63.1 Å². The van der Waals surface area contributed by atoms with Gasteiger partial charge in [0.05, 0.1) is 11.6 Å². The van der Waals surface area contributed by atoms with E-state index in [2.05, 4.69) is 27.5 Å². The third kappa shape index (κ3) is 4.12. The number of benzene rings is 1. The highest BCUT2D eigenvalue weighted by Crippen LogP contribution is 2.17. The first kappa shape index (κ1) is 16.9. The summed E-state index contributed by atoms with van der Waals surface area (Å²) >= 11 is 0. The van der Waals surface area contributed by atoms with E-state index >= 15 is 0 Å². The van der Waals surface area contributed by atoms with Crippen LogP contribution in [0.1, 0.15) is 39.2 Å². The van der Waals surface area contributed by atoms with E-state index in [1.807, 2.05) is 35.9 Å². The van der Waals surface area contributed by atoms with Crippen LogP contribution in [0.2, 0.25) is 0 Å². The summed E-state index contributed by atoms with van der Waals surface area (Å²) in [5.74, 6) is 0.918. The Kier molecular flexibility index (Phi) is 5.45. The molecule has 2 heterocycles. The highest BCUT2D eigenvalue weighted by molar-refractivity contribution is 5.77. The average Bonchev–Trinajstić information content (AvgIpc) is 3.01. The fourth-order valence-corrected chi connectivity index (χ4v) is 3.28. The molecule has 1 unspecified atom stereocenters. The maximum Gasteiger partial charge on any atom is 0.222 e. The molecule has 0 aliphatic carbocycles. The number of hydrogen-bond acceptors (Lipinski definition) is 4. The summed E-state index contributed by atoms with van der Waals surface area (Å²) < 4.78 is 1.83. The summed E-state index contributed by atoms with van der Waals surface area (Å²) in [5, 5.41) is 11.4. The van der Waals surface area contributed by atoms with Crippen molar-refractivity contribution < 1.29 is 4.79 Å². The number of carbonyl (C=O) groups is 1. The van der Waals surface area contributed by atoms with Crippen molar-refractivity contribution in [1.82, 2.24) is 25.2 Å². The quantitative estimate of drug-likeness (QED) is 0.883. The Bertz CT molecular complexity index is 675. The molecule has 1 aromatic heterocycles. The minimum Gasteiger partial charge on any atom is -0.355 e. The SMILES string of the molecule is CC1CCN(CCNC(=O)CC(C)n2nnc3ccccc32)CC1. The van der Waals surface area contributed by atoms with Gasteiger partial charge in [-0.15, -0.1) is 5.10 Å². The van der Waals surface area contributed by atoms with Gasteiger partial charge in [0.15, 0.2) is 0 Å². The molecule has 1 N–H and O–H groups in total. The number of piperidine rings is 1. The normalized spacial score (nSPS) is 17.9. The van der Waals surface area contributed by atoms with Gasteiger partial charge in [-0.1, -0.05) is 24.3 Å². The van der Waals surface area contributed by atoms with Gasteiger partial charge in [-0.25, -0.2) is 4.68 Å². The molecule has 1 amide bonds. The van der Waals surface area contributed by atoms with E-state index in [-0.39, 0.29) is 11.9 Å². The van der Waals surface area contributed by atoms with Gasteiger partial charge in [-0.05, 0) is 50.9 Å². The molecule has 130 valence electrons. The van der Waals surface area contributed by atoms with Crippen molar-refractivity contribution >= 4 is 16.9 Å². The number of nitrogens with zero attached hydrogens (tertiary/aromatic N) is 4. The van der Waals surface area contributed by atoms with Gasteiger partial charge in [0.25, 0.3) is 0 Å². The molecule has 1 atom stereocenters. The summed E-state index contributed by atoms with van der Waals surface area (Å²) in [7, 11) is 0. The Hall–Kier alpha value is -1.95. The van der Waals surface area contributed by atoms with Crippen LogP contribution in [-0.2, 0) is 4.79 Å². The first-order valence-corrected chi connectivity index (χ1v) is 8.92. The summed E-state index contributed by atoms with van der Waals surface area (Å²) in [4.78, 5) is 14.6. The summed E-state index contributed by atoms with van der Waals surface area (Å²) in [6, 6.07) is 7.83. The smallest absolute Gasteiger partial charge is 0.222 e. The molecule has 1 fully saturated rings. The molecule has 24 heavy (non-hydrogen) atoms. The van der Waals surface area contributed by atoms with E-state index in [0.717, 1.165) is 43.1 Å². The van der Waals surface area contributed by atoms with Crippen LogP contribution in [0.15, 0.2) is 24.3 Å². The van der Waals surface area contributed by atoms with Crippen LogP contribution >= 0.6 is 0 Å². The molecule has 3 rings (SSSR count). The highest BCUT2D eigenvalue weighted by atomic mass is 16.1. The standard InChI is InChI=1S/C18H27N5O/c1-14-7-10-22(11-8-14)12-9-19-18(24)13-15(2)23-17-6-4-3-5-16(17)20-21-23/h3-6,14-15H,7-13H2,1-2H3,(H,19,24). The number of rotatable bonds is 6.